The lowest BCUT2D eigenvalue weighted by atomic mass is 10.3. The third-order valence-corrected chi connectivity index (χ3v) is 3.87. The molecule has 0 saturated carbocycles. The molecule has 1 aromatic heterocycles. The minimum Gasteiger partial charge on any atom is -0.497 e. The molecular weight excluding hydrogens is 399 g/mol. The first-order chi connectivity index (χ1) is 13.3. The van der Waals surface area contributed by atoms with Gasteiger partial charge in [-0.05, 0) is 48.5 Å². The van der Waals surface area contributed by atoms with Crippen molar-refractivity contribution in [2.75, 3.05) is 12.4 Å². The van der Waals surface area contributed by atoms with Gasteiger partial charge in [0.05, 0.1) is 19.0 Å². The number of ether oxygens (including phenoxy) is 2. The van der Waals surface area contributed by atoms with Gasteiger partial charge in [-0.25, -0.2) is 9.48 Å². The lowest BCUT2D eigenvalue weighted by Crippen LogP contribution is -2.20. The molecule has 6 nitrogen and oxygen atoms in total. The summed E-state index contributed by atoms with van der Waals surface area (Å²) in [4.78, 5) is 12.0. The Bertz CT molecular complexity index is 970. The van der Waals surface area contributed by atoms with Gasteiger partial charge in [0.1, 0.15) is 5.75 Å². The van der Waals surface area contributed by atoms with Gasteiger partial charge in [0.25, 0.3) is 0 Å². The van der Waals surface area contributed by atoms with E-state index in [1.807, 2.05) is 0 Å². The van der Waals surface area contributed by atoms with Crippen molar-refractivity contribution >= 4 is 23.4 Å². The van der Waals surface area contributed by atoms with Crippen molar-refractivity contribution in [1.82, 2.24) is 9.78 Å². The number of hydrogen-bond acceptors (Lipinski definition) is 4. The van der Waals surface area contributed by atoms with Crippen LogP contribution in [0.2, 0.25) is 5.02 Å². The molecule has 0 radical (unpaired) electrons. The predicted octanol–water partition coefficient (Wildman–Crippen LogP) is 5.16. The number of alkyl halides is 3. The van der Waals surface area contributed by atoms with Crippen molar-refractivity contribution in [1.29, 1.82) is 0 Å². The number of benzene rings is 2. The van der Waals surface area contributed by atoms with E-state index in [2.05, 4.69) is 10.4 Å². The number of halogens is 4. The fraction of sp³-hybridized carbons (Fsp3) is 0.111. The van der Waals surface area contributed by atoms with Crippen LogP contribution in [0.4, 0.5) is 23.7 Å². The summed E-state index contributed by atoms with van der Waals surface area (Å²) in [6, 6.07) is 11.8. The third-order valence-electron chi connectivity index (χ3n) is 3.61. The number of hydrogen-bond donors (Lipinski definition) is 1. The van der Waals surface area contributed by atoms with Crippen LogP contribution in [0, 0.1) is 0 Å². The van der Waals surface area contributed by atoms with E-state index in [0.29, 0.717) is 21.1 Å². The zero-order valence-corrected chi connectivity index (χ0v) is 15.1. The number of carbonyl (C=O) groups is 1. The predicted molar refractivity (Wildman–Crippen MR) is 96.2 cm³/mol. The van der Waals surface area contributed by atoms with E-state index in [0.717, 1.165) is 6.20 Å². The molecule has 1 N–H and O–H groups in total. The molecule has 0 aliphatic carbocycles. The molecule has 0 aliphatic rings. The minimum atomic E-state index is -4.81. The first kappa shape index (κ1) is 19.6. The molecule has 0 unspecified atom stereocenters. The second-order valence-electron chi connectivity index (χ2n) is 5.49. The molecule has 28 heavy (non-hydrogen) atoms. The fourth-order valence-electron chi connectivity index (χ4n) is 2.36. The number of amides is 1. The van der Waals surface area contributed by atoms with Crippen LogP contribution in [-0.4, -0.2) is 23.0 Å². The molecule has 2 aromatic carbocycles. The number of aromatic nitrogens is 2. The Hall–Kier alpha value is -3.20. The second-order valence-corrected chi connectivity index (χ2v) is 5.92. The SMILES string of the molecule is COc1ccc(NC(=O)Oc2cnn(-c3ccc(Cl)cc3)c2C(F)(F)F)cc1. The summed E-state index contributed by atoms with van der Waals surface area (Å²) in [6.45, 7) is 0. The highest BCUT2D eigenvalue weighted by Crippen LogP contribution is 2.37. The van der Waals surface area contributed by atoms with Crippen LogP contribution in [0.3, 0.4) is 0 Å². The van der Waals surface area contributed by atoms with Crippen LogP contribution in [0.15, 0.2) is 54.7 Å². The van der Waals surface area contributed by atoms with Gasteiger partial charge in [-0.2, -0.15) is 18.3 Å². The summed E-state index contributed by atoms with van der Waals surface area (Å²) in [5, 5.41) is 6.40. The Labute approximate surface area is 162 Å². The zero-order valence-electron chi connectivity index (χ0n) is 14.3. The first-order valence-corrected chi connectivity index (χ1v) is 8.20. The summed E-state index contributed by atoms with van der Waals surface area (Å²) in [7, 11) is 1.48. The number of nitrogens with one attached hydrogen (secondary N) is 1. The highest BCUT2D eigenvalue weighted by molar-refractivity contribution is 6.30. The van der Waals surface area contributed by atoms with E-state index in [4.69, 9.17) is 21.1 Å². The van der Waals surface area contributed by atoms with Gasteiger partial charge in [-0.15, -0.1) is 0 Å². The molecule has 3 rings (SSSR count). The molecule has 0 aliphatic heterocycles. The molecule has 3 aromatic rings. The van der Waals surface area contributed by atoms with Crippen molar-refractivity contribution < 1.29 is 27.4 Å². The van der Waals surface area contributed by atoms with Gasteiger partial charge in [-0.3, -0.25) is 5.32 Å². The maximum absolute atomic E-state index is 13.6. The molecule has 10 heteroatoms. The van der Waals surface area contributed by atoms with Gasteiger partial charge in [0.2, 0.25) is 0 Å². The summed E-state index contributed by atoms with van der Waals surface area (Å²) in [5.41, 5.74) is -0.786. The maximum atomic E-state index is 13.6. The third kappa shape index (κ3) is 4.37. The van der Waals surface area contributed by atoms with Crippen LogP contribution in [0.25, 0.3) is 5.69 Å². The van der Waals surface area contributed by atoms with E-state index >= 15 is 0 Å². The average Bonchev–Trinajstić information content (AvgIpc) is 3.06. The highest BCUT2D eigenvalue weighted by Gasteiger charge is 2.40. The quantitative estimate of drug-likeness (QED) is 0.643. The van der Waals surface area contributed by atoms with Gasteiger partial charge in [-0.1, -0.05) is 11.6 Å². The largest absolute Gasteiger partial charge is 0.497 e. The Morgan fingerprint density at radius 2 is 1.75 bits per heavy atom. The van der Waals surface area contributed by atoms with Crippen molar-refractivity contribution in [3.63, 3.8) is 0 Å². The summed E-state index contributed by atoms with van der Waals surface area (Å²) >= 11 is 5.76. The lowest BCUT2D eigenvalue weighted by Gasteiger charge is -2.13. The molecule has 1 heterocycles. The van der Waals surface area contributed by atoms with Crippen LogP contribution >= 0.6 is 11.6 Å². The molecule has 0 saturated heterocycles. The topological polar surface area (TPSA) is 65.4 Å². The van der Waals surface area contributed by atoms with Gasteiger partial charge in [0, 0.05) is 10.7 Å². The smallest absolute Gasteiger partial charge is 0.437 e. The molecule has 0 atom stereocenters. The Morgan fingerprint density at radius 3 is 2.32 bits per heavy atom. The van der Waals surface area contributed by atoms with Crippen LogP contribution in [0.5, 0.6) is 11.5 Å². The Balaban J connectivity index is 1.85. The van der Waals surface area contributed by atoms with Gasteiger partial charge in [0.15, 0.2) is 11.4 Å². The monoisotopic (exact) mass is 411 g/mol. The Morgan fingerprint density at radius 1 is 1.11 bits per heavy atom. The van der Waals surface area contributed by atoms with Crippen LogP contribution in [-0.2, 0) is 6.18 Å². The van der Waals surface area contributed by atoms with Crippen LogP contribution in [0.1, 0.15) is 5.69 Å². The normalized spacial score (nSPS) is 11.2. The van der Waals surface area contributed by atoms with Crippen molar-refractivity contribution in [2.45, 2.75) is 6.18 Å². The average molecular weight is 412 g/mol. The first-order valence-electron chi connectivity index (χ1n) is 7.82. The minimum absolute atomic E-state index is 0.113. The second kappa shape index (κ2) is 7.81. The van der Waals surface area contributed by atoms with Crippen LogP contribution < -0.4 is 14.8 Å². The maximum Gasteiger partial charge on any atom is 0.437 e. The molecule has 146 valence electrons. The van der Waals surface area contributed by atoms with E-state index in [-0.39, 0.29) is 5.69 Å². The standard InChI is InChI=1S/C18H13ClF3N3O3/c1-27-14-8-4-12(5-9-14)24-17(26)28-15-10-23-25(16(15)18(20,21)22)13-6-2-11(19)3-7-13/h2-10H,1H3,(H,24,26). The highest BCUT2D eigenvalue weighted by atomic mass is 35.5. The number of methoxy groups -OCH3 is 1. The van der Waals surface area contributed by atoms with E-state index in [1.54, 1.807) is 12.1 Å². The Kier molecular flexibility index (Phi) is 5.46. The van der Waals surface area contributed by atoms with Crippen molar-refractivity contribution in [2.24, 2.45) is 0 Å². The summed E-state index contributed by atoms with van der Waals surface area (Å²) in [6.07, 6.45) is -5.08. The number of anilines is 1. The van der Waals surface area contributed by atoms with E-state index < -0.39 is 23.7 Å². The zero-order chi connectivity index (χ0) is 20.3. The molecule has 0 bridgehead atoms. The summed E-state index contributed by atoms with van der Waals surface area (Å²) in [5.74, 6) is -0.170. The van der Waals surface area contributed by atoms with E-state index in [1.165, 1.54) is 43.5 Å². The molecule has 1 amide bonds. The number of rotatable bonds is 4. The number of nitrogens with zero attached hydrogens (tertiary/aromatic N) is 2. The lowest BCUT2D eigenvalue weighted by molar-refractivity contribution is -0.143. The van der Waals surface area contributed by atoms with E-state index in [9.17, 15) is 18.0 Å². The number of carbonyl (C=O) groups excluding carboxylic acids is 1. The molecule has 0 fully saturated rings. The van der Waals surface area contributed by atoms with Gasteiger partial charge < -0.3 is 9.47 Å². The van der Waals surface area contributed by atoms with Crippen molar-refractivity contribution in [3.05, 3.63) is 65.4 Å². The fourth-order valence-corrected chi connectivity index (χ4v) is 2.49. The molecule has 0 spiro atoms. The van der Waals surface area contributed by atoms with Gasteiger partial charge >= 0.3 is 12.3 Å². The van der Waals surface area contributed by atoms with Crippen molar-refractivity contribution in [3.8, 4) is 17.2 Å². The molecular formula is C18H13ClF3N3O3. The summed E-state index contributed by atoms with van der Waals surface area (Å²) < 4.78 is 51.1.